The van der Waals surface area contributed by atoms with E-state index >= 15 is 0 Å². The summed E-state index contributed by atoms with van der Waals surface area (Å²) in [6.45, 7) is 0. The van der Waals surface area contributed by atoms with Gasteiger partial charge in [-0.2, -0.15) is 4.72 Å². The van der Waals surface area contributed by atoms with Gasteiger partial charge in [0.2, 0.25) is 10.0 Å². The second-order valence-corrected chi connectivity index (χ2v) is 10.2. The molecule has 1 aliphatic carbocycles. The van der Waals surface area contributed by atoms with Crippen molar-refractivity contribution in [2.45, 2.75) is 68.7 Å². The molecule has 2 aromatic carbocycles. The number of carbonyl (C=O) groups is 1. The summed E-state index contributed by atoms with van der Waals surface area (Å²) in [5.74, 6) is -0.223. The molecule has 1 atom stereocenters. The summed E-state index contributed by atoms with van der Waals surface area (Å²) in [6.07, 6.45) is 7.58. The van der Waals surface area contributed by atoms with Crippen LogP contribution < -0.4 is 4.72 Å². The van der Waals surface area contributed by atoms with Crippen molar-refractivity contribution in [3.05, 3.63) is 65.4 Å². The number of aryl methyl sites for hydroxylation is 3. The van der Waals surface area contributed by atoms with E-state index in [1.807, 2.05) is 18.2 Å². The Kier molecular flexibility index (Phi) is 6.96. The summed E-state index contributed by atoms with van der Waals surface area (Å²) in [7, 11) is -3.97. The maximum atomic E-state index is 12.9. The SMILES string of the molecule is O=C(O)[C@H](CCCCCc1ccccc1)NS(=O)(=O)c1ccc2c3c(oc2c1)CCCC3. The van der Waals surface area contributed by atoms with Gasteiger partial charge in [0.1, 0.15) is 17.4 Å². The molecule has 0 fully saturated rings. The van der Waals surface area contributed by atoms with Crippen LogP contribution in [0.1, 0.15) is 55.4 Å². The summed E-state index contributed by atoms with van der Waals surface area (Å²) < 4.78 is 34.1. The highest BCUT2D eigenvalue weighted by Gasteiger charge is 2.26. The average molecular weight is 456 g/mol. The van der Waals surface area contributed by atoms with Gasteiger partial charge in [0.25, 0.3) is 0 Å². The van der Waals surface area contributed by atoms with Crippen LogP contribution in [0.15, 0.2) is 57.8 Å². The highest BCUT2D eigenvalue weighted by molar-refractivity contribution is 7.89. The van der Waals surface area contributed by atoms with Crippen molar-refractivity contribution in [3.63, 3.8) is 0 Å². The lowest BCUT2D eigenvalue weighted by Crippen LogP contribution is -2.40. The first-order chi connectivity index (χ1) is 15.4. The van der Waals surface area contributed by atoms with Gasteiger partial charge in [0.05, 0.1) is 4.90 Å². The number of fused-ring (bicyclic) bond motifs is 3. The molecule has 2 N–H and O–H groups in total. The molecule has 3 aromatic rings. The van der Waals surface area contributed by atoms with Crippen molar-refractivity contribution >= 4 is 27.0 Å². The molecule has 0 saturated carbocycles. The van der Waals surface area contributed by atoms with Gasteiger partial charge >= 0.3 is 5.97 Å². The zero-order chi connectivity index (χ0) is 22.6. The second kappa shape index (κ2) is 9.88. The Bertz CT molecular complexity index is 1180. The Morgan fingerprint density at radius 1 is 1.03 bits per heavy atom. The molecular weight excluding hydrogens is 426 g/mol. The highest BCUT2D eigenvalue weighted by atomic mass is 32.2. The lowest BCUT2D eigenvalue weighted by atomic mass is 9.96. The number of furan rings is 1. The number of nitrogens with one attached hydrogen (secondary N) is 1. The van der Waals surface area contributed by atoms with E-state index in [4.69, 9.17) is 4.42 Å². The van der Waals surface area contributed by atoms with Crippen LogP contribution in [0, 0.1) is 0 Å². The predicted molar refractivity (Wildman–Crippen MR) is 123 cm³/mol. The fourth-order valence-electron chi connectivity index (χ4n) is 4.40. The number of unbranched alkanes of at least 4 members (excludes halogenated alkanes) is 2. The van der Waals surface area contributed by atoms with Crippen molar-refractivity contribution in [1.82, 2.24) is 4.72 Å². The topological polar surface area (TPSA) is 96.6 Å². The van der Waals surface area contributed by atoms with Crippen molar-refractivity contribution in [2.75, 3.05) is 0 Å². The summed E-state index contributed by atoms with van der Waals surface area (Å²) in [4.78, 5) is 11.7. The number of sulfonamides is 1. The van der Waals surface area contributed by atoms with E-state index in [9.17, 15) is 18.3 Å². The first kappa shape index (κ1) is 22.6. The molecule has 4 rings (SSSR count). The Hall–Kier alpha value is -2.64. The van der Waals surface area contributed by atoms with Gasteiger partial charge < -0.3 is 9.52 Å². The molecule has 1 aliphatic rings. The standard InChI is InChI=1S/C25H29NO5S/c27-25(28)22(13-6-2-5-11-18-9-3-1-4-10-18)26-32(29,30)19-15-16-21-20-12-7-8-14-23(20)31-24(21)17-19/h1,3-4,9-10,15-17,22,26H,2,5-8,11-14H2,(H,27,28)/t22-/m0/s1. The Labute approximate surface area is 188 Å². The maximum Gasteiger partial charge on any atom is 0.321 e. The van der Waals surface area contributed by atoms with Crippen LogP contribution in [-0.2, 0) is 34.1 Å². The van der Waals surface area contributed by atoms with Gasteiger partial charge in [-0.1, -0.05) is 43.2 Å². The van der Waals surface area contributed by atoms with E-state index in [2.05, 4.69) is 16.9 Å². The van der Waals surface area contributed by atoms with E-state index in [0.717, 1.165) is 56.1 Å². The van der Waals surface area contributed by atoms with Crippen molar-refractivity contribution in [2.24, 2.45) is 0 Å². The molecule has 32 heavy (non-hydrogen) atoms. The molecule has 1 heterocycles. The van der Waals surface area contributed by atoms with E-state index in [0.29, 0.717) is 12.0 Å². The fourth-order valence-corrected chi connectivity index (χ4v) is 5.64. The zero-order valence-electron chi connectivity index (χ0n) is 18.0. The smallest absolute Gasteiger partial charge is 0.321 e. The van der Waals surface area contributed by atoms with Gasteiger partial charge in [-0.15, -0.1) is 0 Å². The number of carboxylic acid groups (broad SMARTS) is 1. The van der Waals surface area contributed by atoms with Gasteiger partial charge in [-0.3, -0.25) is 4.79 Å². The van der Waals surface area contributed by atoms with Crippen molar-refractivity contribution < 1.29 is 22.7 Å². The van der Waals surface area contributed by atoms with E-state index in [1.54, 1.807) is 6.07 Å². The number of hydrogen-bond acceptors (Lipinski definition) is 4. The summed E-state index contributed by atoms with van der Waals surface area (Å²) >= 11 is 0. The molecule has 0 saturated heterocycles. The summed E-state index contributed by atoms with van der Waals surface area (Å²) in [6, 6.07) is 13.8. The molecule has 0 bridgehead atoms. The summed E-state index contributed by atoms with van der Waals surface area (Å²) in [5.41, 5.74) is 2.97. The minimum absolute atomic E-state index is 0.0337. The fraction of sp³-hybridized carbons (Fsp3) is 0.400. The third kappa shape index (κ3) is 5.22. The third-order valence-corrected chi connectivity index (χ3v) is 7.60. The van der Waals surface area contributed by atoms with Gasteiger partial charge in [0.15, 0.2) is 0 Å². The van der Waals surface area contributed by atoms with E-state index in [-0.39, 0.29) is 11.3 Å². The molecule has 0 unspecified atom stereocenters. The molecule has 7 heteroatoms. The molecule has 0 amide bonds. The first-order valence-corrected chi connectivity index (χ1v) is 12.8. The predicted octanol–water partition coefficient (Wildman–Crippen LogP) is 4.85. The first-order valence-electron chi connectivity index (χ1n) is 11.3. The van der Waals surface area contributed by atoms with Crippen LogP contribution in [0.5, 0.6) is 0 Å². The molecule has 1 aromatic heterocycles. The number of aliphatic carboxylic acids is 1. The summed E-state index contributed by atoms with van der Waals surface area (Å²) in [5, 5.41) is 10.5. The van der Waals surface area contributed by atoms with Crippen LogP contribution in [0.3, 0.4) is 0 Å². The number of hydrogen-bond donors (Lipinski definition) is 2. The number of benzene rings is 2. The minimum Gasteiger partial charge on any atom is -0.480 e. The monoisotopic (exact) mass is 455 g/mol. The quantitative estimate of drug-likeness (QED) is 0.426. The number of carboxylic acids is 1. The second-order valence-electron chi connectivity index (χ2n) is 8.47. The van der Waals surface area contributed by atoms with Gasteiger partial charge in [0, 0.05) is 23.4 Å². The van der Waals surface area contributed by atoms with E-state index in [1.165, 1.54) is 23.3 Å². The molecule has 170 valence electrons. The Balaban J connectivity index is 1.38. The minimum atomic E-state index is -3.97. The Morgan fingerprint density at radius 2 is 1.81 bits per heavy atom. The largest absolute Gasteiger partial charge is 0.480 e. The molecule has 0 spiro atoms. The van der Waals surface area contributed by atoms with Crippen LogP contribution >= 0.6 is 0 Å². The lowest BCUT2D eigenvalue weighted by molar-refractivity contribution is -0.139. The van der Waals surface area contributed by atoms with Gasteiger partial charge in [-0.25, -0.2) is 8.42 Å². The Morgan fingerprint density at radius 3 is 2.59 bits per heavy atom. The van der Waals surface area contributed by atoms with Crippen LogP contribution in [-0.4, -0.2) is 25.5 Å². The van der Waals surface area contributed by atoms with Crippen molar-refractivity contribution in [1.29, 1.82) is 0 Å². The molecule has 0 radical (unpaired) electrons. The molecule has 6 nitrogen and oxygen atoms in total. The van der Waals surface area contributed by atoms with E-state index < -0.39 is 22.0 Å². The van der Waals surface area contributed by atoms with Gasteiger partial charge in [-0.05, 0) is 56.2 Å². The van der Waals surface area contributed by atoms with Crippen LogP contribution in [0.4, 0.5) is 0 Å². The maximum absolute atomic E-state index is 12.9. The third-order valence-electron chi connectivity index (χ3n) is 6.14. The van der Waals surface area contributed by atoms with Crippen LogP contribution in [0.2, 0.25) is 0 Å². The molecule has 0 aliphatic heterocycles. The normalized spacial score (nSPS) is 14.9. The highest BCUT2D eigenvalue weighted by Crippen LogP contribution is 2.33. The van der Waals surface area contributed by atoms with Crippen molar-refractivity contribution in [3.8, 4) is 0 Å². The average Bonchev–Trinajstić information content (AvgIpc) is 3.16. The van der Waals surface area contributed by atoms with Crippen LogP contribution in [0.25, 0.3) is 11.0 Å². The lowest BCUT2D eigenvalue weighted by Gasteiger charge is -2.15. The molecular formula is C25H29NO5S. The number of rotatable bonds is 10. The zero-order valence-corrected chi connectivity index (χ0v) is 18.9.